The molecule has 3 atom stereocenters. The van der Waals surface area contributed by atoms with Gasteiger partial charge in [0.2, 0.25) is 0 Å². The topological polar surface area (TPSA) is 55.4 Å². The van der Waals surface area contributed by atoms with E-state index in [2.05, 4.69) is 12.2 Å². The molecule has 0 aromatic rings. The zero-order valence-corrected chi connectivity index (χ0v) is 13.0. The molecule has 1 heterocycles. The van der Waals surface area contributed by atoms with Crippen molar-refractivity contribution >= 4 is 9.84 Å². The van der Waals surface area contributed by atoms with E-state index in [0.29, 0.717) is 12.1 Å². The highest BCUT2D eigenvalue weighted by Gasteiger charge is 2.55. The van der Waals surface area contributed by atoms with E-state index in [-0.39, 0.29) is 17.2 Å². The van der Waals surface area contributed by atoms with E-state index in [0.717, 1.165) is 13.0 Å². The minimum absolute atomic E-state index is 0.00798. The first-order chi connectivity index (χ1) is 9.56. The standard InChI is InChI=1S/C15H25NO3S/c1-2-19-14-10-13(15(14)7-4-3-5-8-15)16-12-6-9-20(17,18)11-12/h6,9,12-14,16H,2-5,7-8,10-11H2,1H3. The van der Waals surface area contributed by atoms with Gasteiger partial charge < -0.3 is 10.1 Å². The van der Waals surface area contributed by atoms with Gasteiger partial charge in [0.05, 0.1) is 11.9 Å². The quantitative estimate of drug-likeness (QED) is 0.863. The smallest absolute Gasteiger partial charge is 0.173 e. The highest BCUT2D eigenvalue weighted by Crippen LogP contribution is 2.53. The average molecular weight is 299 g/mol. The first-order valence-electron chi connectivity index (χ1n) is 7.84. The van der Waals surface area contributed by atoms with Crippen molar-refractivity contribution in [2.45, 2.75) is 63.6 Å². The Morgan fingerprint density at radius 1 is 1.30 bits per heavy atom. The van der Waals surface area contributed by atoms with Gasteiger partial charge in [-0.2, -0.15) is 0 Å². The third-order valence-electron chi connectivity index (χ3n) is 5.28. The summed E-state index contributed by atoms with van der Waals surface area (Å²) in [4.78, 5) is 0. The van der Waals surface area contributed by atoms with Gasteiger partial charge in [-0.15, -0.1) is 0 Å². The lowest BCUT2D eigenvalue weighted by Gasteiger charge is -2.58. The van der Waals surface area contributed by atoms with Crippen molar-refractivity contribution in [3.8, 4) is 0 Å². The van der Waals surface area contributed by atoms with Crippen LogP contribution in [-0.4, -0.2) is 39.0 Å². The lowest BCUT2D eigenvalue weighted by molar-refractivity contribution is -0.150. The van der Waals surface area contributed by atoms with Crippen LogP contribution in [-0.2, 0) is 14.6 Å². The third-order valence-corrected chi connectivity index (χ3v) is 6.68. The summed E-state index contributed by atoms with van der Waals surface area (Å²) in [5.41, 5.74) is 0.258. The highest BCUT2D eigenvalue weighted by molar-refractivity contribution is 7.94. The number of rotatable bonds is 4. The Balaban J connectivity index is 1.66. The van der Waals surface area contributed by atoms with Crippen molar-refractivity contribution in [1.82, 2.24) is 5.32 Å². The van der Waals surface area contributed by atoms with E-state index in [1.807, 2.05) is 0 Å². The molecule has 0 saturated heterocycles. The first kappa shape index (κ1) is 14.5. The Hall–Kier alpha value is -0.390. The molecule has 114 valence electrons. The number of hydrogen-bond acceptors (Lipinski definition) is 4. The molecule has 3 rings (SSSR count). The van der Waals surface area contributed by atoms with Gasteiger partial charge in [-0.05, 0) is 26.2 Å². The summed E-state index contributed by atoms with van der Waals surface area (Å²) in [6.45, 7) is 2.83. The van der Waals surface area contributed by atoms with Crippen molar-refractivity contribution in [3.63, 3.8) is 0 Å². The van der Waals surface area contributed by atoms with Crippen LogP contribution in [0.25, 0.3) is 0 Å². The van der Waals surface area contributed by atoms with Crippen LogP contribution >= 0.6 is 0 Å². The molecular weight excluding hydrogens is 274 g/mol. The largest absolute Gasteiger partial charge is 0.378 e. The van der Waals surface area contributed by atoms with E-state index in [1.54, 1.807) is 6.08 Å². The molecule has 20 heavy (non-hydrogen) atoms. The Labute approximate surface area is 121 Å². The van der Waals surface area contributed by atoms with E-state index >= 15 is 0 Å². The second-order valence-electron chi connectivity index (χ2n) is 6.46. The van der Waals surface area contributed by atoms with Gasteiger partial charge in [0.25, 0.3) is 0 Å². The summed E-state index contributed by atoms with van der Waals surface area (Å²) in [6, 6.07) is 0.411. The minimum atomic E-state index is -2.97. The van der Waals surface area contributed by atoms with E-state index < -0.39 is 9.84 Å². The van der Waals surface area contributed by atoms with E-state index in [9.17, 15) is 8.42 Å². The van der Waals surface area contributed by atoms with Crippen LogP contribution in [0.15, 0.2) is 11.5 Å². The Morgan fingerprint density at radius 2 is 2.05 bits per heavy atom. The van der Waals surface area contributed by atoms with Gasteiger partial charge in [0, 0.05) is 29.5 Å². The first-order valence-corrected chi connectivity index (χ1v) is 9.56. The van der Waals surface area contributed by atoms with Gasteiger partial charge in [-0.25, -0.2) is 8.42 Å². The molecule has 0 aromatic carbocycles. The van der Waals surface area contributed by atoms with Gasteiger partial charge in [0.1, 0.15) is 0 Å². The summed E-state index contributed by atoms with van der Waals surface area (Å²) in [7, 11) is -2.97. The normalized spacial score (nSPS) is 38.0. The lowest BCUT2D eigenvalue weighted by atomic mass is 9.55. The SMILES string of the molecule is CCOC1CC(NC2C=CS(=O)(=O)C2)C12CCCCC2. The fourth-order valence-corrected chi connectivity index (χ4v) is 5.48. The number of ether oxygens (including phenoxy) is 1. The Morgan fingerprint density at radius 3 is 2.65 bits per heavy atom. The zero-order valence-electron chi connectivity index (χ0n) is 12.2. The van der Waals surface area contributed by atoms with Crippen LogP contribution in [0.2, 0.25) is 0 Å². The molecule has 2 saturated carbocycles. The van der Waals surface area contributed by atoms with Gasteiger partial charge in [-0.1, -0.05) is 25.3 Å². The second-order valence-corrected chi connectivity index (χ2v) is 8.39. The molecule has 3 unspecified atom stereocenters. The van der Waals surface area contributed by atoms with Crippen LogP contribution in [0.3, 0.4) is 0 Å². The molecule has 2 aliphatic carbocycles. The third kappa shape index (κ3) is 2.55. The van der Waals surface area contributed by atoms with Crippen molar-refractivity contribution in [2.75, 3.05) is 12.4 Å². The van der Waals surface area contributed by atoms with E-state index in [4.69, 9.17) is 4.74 Å². The molecule has 4 nitrogen and oxygen atoms in total. The summed E-state index contributed by atoms with van der Waals surface area (Å²) in [5.74, 6) is 0.221. The fourth-order valence-electron chi connectivity index (χ4n) is 4.24. The molecule has 0 aromatic heterocycles. The van der Waals surface area contributed by atoms with Crippen molar-refractivity contribution in [2.24, 2.45) is 5.41 Å². The number of hydrogen-bond donors (Lipinski definition) is 1. The summed E-state index contributed by atoms with van der Waals surface area (Å²) in [6.07, 6.45) is 9.52. The monoisotopic (exact) mass is 299 g/mol. The molecule has 0 radical (unpaired) electrons. The molecule has 3 aliphatic rings. The van der Waals surface area contributed by atoms with Crippen LogP contribution in [0.4, 0.5) is 0 Å². The molecule has 5 heteroatoms. The number of sulfone groups is 1. The van der Waals surface area contributed by atoms with Crippen LogP contribution in [0.5, 0.6) is 0 Å². The molecular formula is C15H25NO3S. The zero-order chi connectivity index (χ0) is 14.2. The predicted octanol–water partition coefficient (Wildman–Crippen LogP) is 2.01. The maximum Gasteiger partial charge on any atom is 0.173 e. The maximum absolute atomic E-state index is 11.5. The summed E-state index contributed by atoms with van der Waals surface area (Å²) >= 11 is 0. The van der Waals surface area contributed by atoms with Crippen molar-refractivity contribution in [3.05, 3.63) is 11.5 Å². The van der Waals surface area contributed by atoms with Crippen LogP contribution in [0, 0.1) is 5.41 Å². The van der Waals surface area contributed by atoms with Crippen LogP contribution in [0.1, 0.15) is 45.4 Å². The number of nitrogens with one attached hydrogen (secondary N) is 1. The lowest BCUT2D eigenvalue weighted by Crippen LogP contribution is -2.66. The summed E-state index contributed by atoms with van der Waals surface area (Å²) in [5, 5.41) is 4.93. The minimum Gasteiger partial charge on any atom is -0.378 e. The molecule has 1 aliphatic heterocycles. The highest BCUT2D eigenvalue weighted by atomic mass is 32.2. The maximum atomic E-state index is 11.5. The Bertz CT molecular complexity index is 479. The van der Waals surface area contributed by atoms with Gasteiger partial charge >= 0.3 is 0 Å². The van der Waals surface area contributed by atoms with Crippen molar-refractivity contribution in [1.29, 1.82) is 0 Å². The molecule has 2 fully saturated rings. The summed E-state index contributed by atoms with van der Waals surface area (Å²) < 4.78 is 29.0. The Kier molecular flexibility index (Phi) is 3.95. The van der Waals surface area contributed by atoms with Crippen molar-refractivity contribution < 1.29 is 13.2 Å². The average Bonchev–Trinajstić information content (AvgIpc) is 2.78. The van der Waals surface area contributed by atoms with E-state index in [1.165, 1.54) is 37.5 Å². The molecule has 0 bridgehead atoms. The van der Waals surface area contributed by atoms with Gasteiger partial charge in [0.15, 0.2) is 9.84 Å². The second kappa shape index (κ2) is 5.43. The predicted molar refractivity (Wildman–Crippen MR) is 79.2 cm³/mol. The molecule has 1 spiro atoms. The molecule has 1 N–H and O–H groups in total. The molecule has 0 amide bonds. The van der Waals surface area contributed by atoms with Crippen LogP contribution < -0.4 is 5.32 Å². The fraction of sp³-hybridized carbons (Fsp3) is 0.867. The van der Waals surface area contributed by atoms with Gasteiger partial charge in [-0.3, -0.25) is 0 Å².